The lowest BCUT2D eigenvalue weighted by Gasteiger charge is -2.57. The highest BCUT2D eigenvalue weighted by Gasteiger charge is 2.62. The lowest BCUT2D eigenvalue weighted by molar-refractivity contribution is -0.0426. The van der Waals surface area contributed by atoms with Crippen LogP contribution in [0.2, 0.25) is 0 Å². The molecule has 4 atom stereocenters. The van der Waals surface area contributed by atoms with E-state index in [2.05, 4.69) is 18.0 Å². The van der Waals surface area contributed by atoms with E-state index in [1.165, 1.54) is 30.4 Å². The van der Waals surface area contributed by atoms with E-state index in [0.717, 1.165) is 31.1 Å². The number of hydrogen-bond acceptors (Lipinski definition) is 3. The number of likely N-dealkylation sites (N-methyl/N-ethyl adjacent to an activating group) is 1. The molecule has 0 aromatic heterocycles. The summed E-state index contributed by atoms with van der Waals surface area (Å²) in [5.41, 5.74) is 3.02. The number of rotatable bonds is 0. The number of aromatic hydroxyl groups is 1. The molecule has 21 heavy (non-hydrogen) atoms. The van der Waals surface area contributed by atoms with Crippen molar-refractivity contribution >= 4 is 12.4 Å². The van der Waals surface area contributed by atoms with E-state index in [9.17, 15) is 5.11 Å². The Hall–Kier alpha value is -0.930. The van der Waals surface area contributed by atoms with Crippen molar-refractivity contribution in [2.24, 2.45) is 5.92 Å². The van der Waals surface area contributed by atoms with Gasteiger partial charge in [0.05, 0.1) is 0 Å². The van der Waals surface area contributed by atoms with E-state index in [1.807, 2.05) is 6.07 Å². The summed E-state index contributed by atoms with van der Waals surface area (Å²) in [5, 5.41) is 10.2. The topological polar surface area (TPSA) is 32.7 Å². The number of nitrogens with zero attached hydrogens (tertiary/aromatic N) is 1. The van der Waals surface area contributed by atoms with Crippen LogP contribution in [0.15, 0.2) is 12.1 Å². The van der Waals surface area contributed by atoms with Gasteiger partial charge in [-0.05, 0) is 63.2 Å². The summed E-state index contributed by atoms with van der Waals surface area (Å²) in [7, 11) is 2.28. The molecule has 4 aliphatic rings. The second kappa shape index (κ2) is 4.30. The summed E-state index contributed by atoms with van der Waals surface area (Å²) >= 11 is 0. The largest absolute Gasteiger partial charge is 0.504 e. The molecule has 2 fully saturated rings. The van der Waals surface area contributed by atoms with Crippen LogP contribution in [0.5, 0.6) is 11.5 Å². The highest BCUT2D eigenvalue weighted by molar-refractivity contribution is 5.85. The zero-order chi connectivity index (χ0) is 13.5. The first-order valence-electron chi connectivity index (χ1n) is 7.94. The number of piperidine rings is 1. The molecule has 1 aromatic rings. The lowest BCUT2D eigenvalue weighted by Crippen LogP contribution is -2.63. The molecule has 1 saturated carbocycles. The predicted molar refractivity (Wildman–Crippen MR) is 83.5 cm³/mol. The minimum absolute atomic E-state index is 0. The Bertz CT molecular complexity index is 605. The number of likely N-dealkylation sites (tertiary alicyclic amines) is 1. The smallest absolute Gasteiger partial charge is 0.165 e. The average Bonchev–Trinajstić information content (AvgIpc) is 2.79. The third-order valence-electron chi connectivity index (χ3n) is 6.50. The van der Waals surface area contributed by atoms with Crippen LogP contribution < -0.4 is 4.74 Å². The maximum absolute atomic E-state index is 10.2. The molecule has 1 N–H and O–H groups in total. The average molecular weight is 308 g/mol. The summed E-state index contributed by atoms with van der Waals surface area (Å²) in [6.07, 6.45) is 6.37. The number of halogens is 1. The normalized spacial score (nSPS) is 39.2. The van der Waals surface area contributed by atoms with Gasteiger partial charge in [0.15, 0.2) is 11.5 Å². The summed E-state index contributed by atoms with van der Waals surface area (Å²) in [5.74, 6) is 1.89. The van der Waals surface area contributed by atoms with Crippen molar-refractivity contribution in [3.8, 4) is 11.5 Å². The minimum atomic E-state index is 0. The van der Waals surface area contributed by atoms with Crippen LogP contribution in [0.3, 0.4) is 0 Å². The van der Waals surface area contributed by atoms with E-state index in [4.69, 9.17) is 4.74 Å². The van der Waals surface area contributed by atoms with E-state index in [1.54, 1.807) is 0 Å². The Morgan fingerprint density at radius 1 is 1.33 bits per heavy atom. The molecule has 2 bridgehead atoms. The molecule has 2 aliphatic carbocycles. The number of phenolic OH excluding ortho intramolecular Hbond substituents is 1. The van der Waals surface area contributed by atoms with Gasteiger partial charge in [-0.3, -0.25) is 0 Å². The van der Waals surface area contributed by atoms with Crippen LogP contribution in [0, 0.1) is 5.92 Å². The number of hydrogen-bond donors (Lipinski definition) is 1. The Morgan fingerprint density at radius 2 is 2.19 bits per heavy atom. The van der Waals surface area contributed by atoms with Gasteiger partial charge in [-0.1, -0.05) is 6.07 Å². The Kier molecular flexibility index (Phi) is 2.81. The first-order valence-corrected chi connectivity index (χ1v) is 7.94. The third-order valence-corrected chi connectivity index (χ3v) is 6.50. The maximum Gasteiger partial charge on any atom is 0.165 e. The van der Waals surface area contributed by atoms with Gasteiger partial charge in [-0.2, -0.15) is 0 Å². The van der Waals surface area contributed by atoms with Crippen LogP contribution >= 0.6 is 12.4 Å². The molecule has 1 saturated heterocycles. The minimum Gasteiger partial charge on any atom is -0.504 e. The van der Waals surface area contributed by atoms with Crippen LogP contribution in [0.1, 0.15) is 36.8 Å². The second-order valence-corrected chi connectivity index (χ2v) is 7.13. The SMILES string of the molecule is CN1CC[C@]23c4c5ccc(O)c4O[C@H]2CCC[C@H]3[C@H]1C5.Cl. The zero-order valence-corrected chi connectivity index (χ0v) is 13.2. The Balaban J connectivity index is 0.00000115. The number of phenols is 1. The molecular weight excluding hydrogens is 286 g/mol. The van der Waals surface area contributed by atoms with E-state index in [-0.39, 0.29) is 17.8 Å². The second-order valence-electron chi connectivity index (χ2n) is 7.13. The summed E-state index contributed by atoms with van der Waals surface area (Å²) in [6, 6.07) is 4.63. The van der Waals surface area contributed by atoms with E-state index < -0.39 is 0 Å². The molecular formula is C17H22ClNO2. The van der Waals surface area contributed by atoms with Gasteiger partial charge in [0.25, 0.3) is 0 Å². The van der Waals surface area contributed by atoms with Gasteiger partial charge < -0.3 is 14.7 Å². The van der Waals surface area contributed by atoms with E-state index >= 15 is 0 Å². The van der Waals surface area contributed by atoms with E-state index in [0.29, 0.717) is 17.9 Å². The monoisotopic (exact) mass is 307 g/mol. The molecule has 5 rings (SSSR count). The molecule has 0 radical (unpaired) electrons. The predicted octanol–water partition coefficient (Wildman–Crippen LogP) is 2.87. The molecule has 2 aliphatic heterocycles. The van der Waals surface area contributed by atoms with Crippen molar-refractivity contribution in [3.63, 3.8) is 0 Å². The van der Waals surface area contributed by atoms with Crippen LogP contribution in [0.4, 0.5) is 0 Å². The van der Waals surface area contributed by atoms with Crippen molar-refractivity contribution in [1.82, 2.24) is 4.90 Å². The Labute approximate surface area is 131 Å². The lowest BCUT2D eigenvalue weighted by atomic mass is 9.52. The molecule has 1 spiro atoms. The van der Waals surface area contributed by atoms with Gasteiger partial charge in [0.1, 0.15) is 6.10 Å². The zero-order valence-electron chi connectivity index (χ0n) is 12.3. The fourth-order valence-electron chi connectivity index (χ4n) is 5.71. The summed E-state index contributed by atoms with van der Waals surface area (Å²) < 4.78 is 6.28. The molecule has 0 unspecified atom stereocenters. The van der Waals surface area contributed by atoms with Crippen LogP contribution in [0.25, 0.3) is 0 Å². The molecule has 0 amide bonds. The van der Waals surface area contributed by atoms with Crippen LogP contribution in [-0.2, 0) is 11.8 Å². The van der Waals surface area contributed by atoms with Gasteiger partial charge in [0.2, 0.25) is 0 Å². The quantitative estimate of drug-likeness (QED) is 0.800. The standard InChI is InChI=1S/C17H21NO2.ClH/c1-18-8-7-17-11-3-2-4-14(17)20-16-13(19)6-5-10(15(16)17)9-12(11)18;/h5-6,11-12,14,19H,2-4,7-9H2,1H3;1H/t11-,12+,14-,17+;/m0./s1. The van der Waals surface area contributed by atoms with Gasteiger partial charge >= 0.3 is 0 Å². The highest BCUT2D eigenvalue weighted by atomic mass is 35.5. The van der Waals surface area contributed by atoms with Crippen molar-refractivity contribution in [1.29, 1.82) is 0 Å². The fourth-order valence-corrected chi connectivity index (χ4v) is 5.71. The number of ether oxygens (including phenoxy) is 1. The fraction of sp³-hybridized carbons (Fsp3) is 0.647. The van der Waals surface area contributed by atoms with Crippen molar-refractivity contribution in [3.05, 3.63) is 23.3 Å². The van der Waals surface area contributed by atoms with Gasteiger partial charge in [0, 0.05) is 17.0 Å². The maximum atomic E-state index is 10.2. The highest BCUT2D eigenvalue weighted by Crippen LogP contribution is 2.63. The molecule has 3 nitrogen and oxygen atoms in total. The van der Waals surface area contributed by atoms with Gasteiger partial charge in [-0.25, -0.2) is 0 Å². The van der Waals surface area contributed by atoms with Crippen molar-refractivity contribution < 1.29 is 9.84 Å². The molecule has 2 heterocycles. The third kappa shape index (κ3) is 1.44. The summed E-state index contributed by atoms with van der Waals surface area (Å²) in [6.45, 7) is 1.16. The summed E-state index contributed by atoms with van der Waals surface area (Å²) in [4.78, 5) is 2.56. The Morgan fingerprint density at radius 3 is 3.05 bits per heavy atom. The van der Waals surface area contributed by atoms with Crippen LogP contribution in [-0.4, -0.2) is 35.7 Å². The molecule has 4 heteroatoms. The molecule has 114 valence electrons. The first kappa shape index (κ1) is 13.7. The van der Waals surface area contributed by atoms with Crippen molar-refractivity contribution in [2.45, 2.75) is 49.7 Å². The first-order chi connectivity index (χ1) is 9.72. The van der Waals surface area contributed by atoms with Crippen molar-refractivity contribution in [2.75, 3.05) is 13.6 Å². The molecule has 1 aromatic carbocycles. The number of benzene rings is 1. The van der Waals surface area contributed by atoms with Gasteiger partial charge in [-0.15, -0.1) is 12.4 Å².